The van der Waals surface area contributed by atoms with Crippen LogP contribution in [-0.4, -0.2) is 96.7 Å². The quantitative estimate of drug-likeness (QED) is 0.0222. The topological polar surface area (TPSA) is 237 Å². The SMILES string of the molecule is CCCCCCCCCCCCCCCCCCCCC(=O)O[C@H](COC(=O)CCCCCCCCCCCCCCCC(C)C)COP(=O)(O)OC[C@@H](O)COP(=O)(O)OC[C@@H](COC(=O)CCCCCCC)OC(=O)CCCCCCCCCCCCCCCCCC. The number of carbonyl (C=O) groups excluding carboxylic acids is 4. The van der Waals surface area contributed by atoms with Crippen molar-refractivity contribution in [1.29, 1.82) is 0 Å². The maximum Gasteiger partial charge on any atom is 0.472 e. The fourth-order valence-corrected chi connectivity index (χ4v) is 13.3. The van der Waals surface area contributed by atoms with Crippen molar-refractivity contribution in [2.75, 3.05) is 39.6 Å². The minimum Gasteiger partial charge on any atom is -0.462 e. The number of unbranched alkanes of at least 4 members (excludes halogenated alkanes) is 48. The Morgan fingerprint density at radius 3 is 0.716 bits per heavy atom. The average molecular weight is 1400 g/mol. The first-order chi connectivity index (χ1) is 46.0. The molecule has 2 unspecified atom stereocenters. The van der Waals surface area contributed by atoms with Crippen LogP contribution in [0.15, 0.2) is 0 Å². The number of esters is 4. The first kappa shape index (κ1) is 93.1. The molecule has 0 aromatic rings. The Kier molecular flexibility index (Phi) is 67.7. The van der Waals surface area contributed by atoms with Gasteiger partial charge in [0, 0.05) is 25.7 Å². The van der Waals surface area contributed by atoms with Gasteiger partial charge in [0.05, 0.1) is 26.4 Å². The minimum absolute atomic E-state index is 0.108. The summed E-state index contributed by atoms with van der Waals surface area (Å²) < 4.78 is 68.3. The van der Waals surface area contributed by atoms with Gasteiger partial charge in [0.25, 0.3) is 0 Å². The van der Waals surface area contributed by atoms with Crippen LogP contribution in [0.2, 0.25) is 0 Å². The lowest BCUT2D eigenvalue weighted by molar-refractivity contribution is -0.161. The molecule has 17 nitrogen and oxygen atoms in total. The zero-order valence-corrected chi connectivity index (χ0v) is 63.6. The maximum atomic E-state index is 13.1. The second kappa shape index (κ2) is 69.2. The van der Waals surface area contributed by atoms with Gasteiger partial charge in [-0.05, 0) is 31.6 Å². The molecule has 95 heavy (non-hydrogen) atoms. The number of ether oxygens (including phenoxy) is 4. The molecule has 3 N–H and O–H groups in total. The van der Waals surface area contributed by atoms with Crippen LogP contribution in [0.5, 0.6) is 0 Å². The predicted molar refractivity (Wildman–Crippen MR) is 386 cm³/mol. The van der Waals surface area contributed by atoms with E-state index in [2.05, 4.69) is 34.6 Å². The molecular weight excluding hydrogens is 1250 g/mol. The van der Waals surface area contributed by atoms with Crippen molar-refractivity contribution >= 4 is 39.5 Å². The van der Waals surface area contributed by atoms with Gasteiger partial charge in [-0.25, -0.2) is 9.13 Å². The third-order valence-electron chi connectivity index (χ3n) is 17.8. The molecular formula is C76H148O17P2. The Hall–Kier alpha value is -1.94. The number of aliphatic hydroxyl groups is 1. The van der Waals surface area contributed by atoms with Gasteiger partial charge in [-0.1, -0.05) is 349 Å². The highest BCUT2D eigenvalue weighted by Crippen LogP contribution is 2.45. The lowest BCUT2D eigenvalue weighted by Crippen LogP contribution is -2.30. The van der Waals surface area contributed by atoms with Gasteiger partial charge in [-0.15, -0.1) is 0 Å². The molecule has 0 spiro atoms. The summed E-state index contributed by atoms with van der Waals surface area (Å²) >= 11 is 0. The summed E-state index contributed by atoms with van der Waals surface area (Å²) in [5.74, 6) is -1.33. The van der Waals surface area contributed by atoms with Crippen molar-refractivity contribution in [3.8, 4) is 0 Å². The third-order valence-corrected chi connectivity index (χ3v) is 19.7. The summed E-state index contributed by atoms with van der Waals surface area (Å²) in [5.41, 5.74) is 0. The minimum atomic E-state index is -4.95. The van der Waals surface area contributed by atoms with E-state index in [0.717, 1.165) is 102 Å². The van der Waals surface area contributed by atoms with Crippen molar-refractivity contribution in [3.63, 3.8) is 0 Å². The molecule has 0 amide bonds. The second-order valence-electron chi connectivity index (χ2n) is 27.9. The standard InChI is InChI=1S/C76H148O17P2/c1-6-9-12-15-17-19-21-23-25-27-28-30-34-39-43-47-52-57-62-76(81)93-72(66-87-74(79)60-55-50-45-41-37-35-31-32-36-40-44-49-53-58-69(4)5)68-91-95(84,85)89-64-70(77)63-88-94(82,83)90-67-71(65-86-73(78)59-54-48-14-11-8-3)92-75(80)61-56-51-46-42-38-33-29-26-24-22-20-18-16-13-10-7-2/h69-72,77H,6-68H2,1-5H3,(H,82,83)(H,84,85)/t70-,71+,72+/m0/s1. The molecule has 564 valence electrons. The molecule has 19 heteroatoms. The molecule has 0 bridgehead atoms. The number of aliphatic hydroxyl groups excluding tert-OH is 1. The third kappa shape index (κ3) is 70.3. The summed E-state index contributed by atoms with van der Waals surface area (Å²) in [6.07, 6.45) is 58.6. The normalized spacial score (nSPS) is 13.9. The Balaban J connectivity index is 5.13. The van der Waals surface area contributed by atoms with Crippen molar-refractivity contribution in [2.45, 2.75) is 419 Å². The highest BCUT2D eigenvalue weighted by Gasteiger charge is 2.30. The maximum absolute atomic E-state index is 13.1. The molecule has 0 fully saturated rings. The molecule has 0 aromatic heterocycles. The first-order valence-electron chi connectivity index (χ1n) is 39.6. The van der Waals surface area contributed by atoms with Crippen LogP contribution in [0.25, 0.3) is 0 Å². The monoisotopic (exact) mass is 1400 g/mol. The van der Waals surface area contributed by atoms with Crippen LogP contribution in [-0.2, 0) is 65.4 Å². The van der Waals surface area contributed by atoms with E-state index in [-0.39, 0.29) is 25.7 Å². The zero-order valence-electron chi connectivity index (χ0n) is 61.8. The van der Waals surface area contributed by atoms with E-state index in [0.29, 0.717) is 25.7 Å². The van der Waals surface area contributed by atoms with Crippen LogP contribution >= 0.6 is 15.6 Å². The lowest BCUT2D eigenvalue weighted by Gasteiger charge is -2.21. The van der Waals surface area contributed by atoms with Gasteiger partial charge in [-0.3, -0.25) is 37.3 Å². The molecule has 0 saturated heterocycles. The van der Waals surface area contributed by atoms with Crippen molar-refractivity contribution < 1.29 is 80.2 Å². The van der Waals surface area contributed by atoms with E-state index in [1.54, 1.807) is 0 Å². The molecule has 0 rings (SSSR count). The highest BCUT2D eigenvalue weighted by molar-refractivity contribution is 7.47. The zero-order chi connectivity index (χ0) is 69.8. The van der Waals surface area contributed by atoms with Crippen LogP contribution < -0.4 is 0 Å². The summed E-state index contributed by atoms with van der Waals surface area (Å²) in [4.78, 5) is 72.5. The second-order valence-corrected chi connectivity index (χ2v) is 30.8. The van der Waals surface area contributed by atoms with Crippen LogP contribution in [0, 0.1) is 5.92 Å². The summed E-state index contributed by atoms with van der Waals surface area (Å²) in [5, 5.41) is 10.6. The van der Waals surface area contributed by atoms with Crippen LogP contribution in [0.1, 0.15) is 401 Å². The smallest absolute Gasteiger partial charge is 0.462 e. The van der Waals surface area contributed by atoms with Crippen LogP contribution in [0.3, 0.4) is 0 Å². The van der Waals surface area contributed by atoms with Crippen molar-refractivity contribution in [3.05, 3.63) is 0 Å². The Bertz CT molecular complexity index is 1820. The fraction of sp³-hybridized carbons (Fsp3) is 0.947. The van der Waals surface area contributed by atoms with E-state index < -0.39 is 97.5 Å². The number of rotatable bonds is 76. The van der Waals surface area contributed by atoms with E-state index >= 15 is 0 Å². The van der Waals surface area contributed by atoms with Gasteiger partial charge < -0.3 is 33.8 Å². The molecule has 0 saturated carbocycles. The van der Waals surface area contributed by atoms with Gasteiger partial charge in [0.15, 0.2) is 12.2 Å². The van der Waals surface area contributed by atoms with E-state index in [1.807, 2.05) is 0 Å². The molecule has 5 atom stereocenters. The predicted octanol–water partition coefficient (Wildman–Crippen LogP) is 22.5. The summed E-state index contributed by atoms with van der Waals surface area (Å²) in [7, 11) is -9.90. The molecule has 0 radical (unpaired) electrons. The van der Waals surface area contributed by atoms with Gasteiger partial charge >= 0.3 is 39.5 Å². The molecule has 0 aliphatic carbocycles. The Morgan fingerprint density at radius 1 is 0.284 bits per heavy atom. The number of hydrogen-bond donors (Lipinski definition) is 3. The Labute approximate surface area is 581 Å². The van der Waals surface area contributed by atoms with Gasteiger partial charge in [0.1, 0.15) is 19.3 Å². The number of carbonyl (C=O) groups is 4. The summed E-state index contributed by atoms with van der Waals surface area (Å²) in [6.45, 7) is 7.23. The number of phosphoric ester groups is 2. The Morgan fingerprint density at radius 2 is 0.484 bits per heavy atom. The fourth-order valence-electron chi connectivity index (χ4n) is 11.7. The van der Waals surface area contributed by atoms with E-state index in [9.17, 15) is 43.2 Å². The van der Waals surface area contributed by atoms with Crippen molar-refractivity contribution in [1.82, 2.24) is 0 Å². The molecule has 0 aromatic carbocycles. The molecule has 0 heterocycles. The van der Waals surface area contributed by atoms with Gasteiger partial charge in [0.2, 0.25) is 0 Å². The molecule has 0 aliphatic heterocycles. The summed E-state index contributed by atoms with van der Waals surface area (Å²) in [6, 6.07) is 0. The number of phosphoric acid groups is 2. The van der Waals surface area contributed by atoms with E-state index in [4.69, 9.17) is 37.0 Å². The molecule has 0 aliphatic rings. The lowest BCUT2D eigenvalue weighted by atomic mass is 10.0. The highest BCUT2D eigenvalue weighted by atomic mass is 31.2. The van der Waals surface area contributed by atoms with Gasteiger partial charge in [-0.2, -0.15) is 0 Å². The van der Waals surface area contributed by atoms with Crippen LogP contribution in [0.4, 0.5) is 0 Å². The van der Waals surface area contributed by atoms with Crippen molar-refractivity contribution in [2.24, 2.45) is 5.92 Å². The average Bonchev–Trinajstić information content (AvgIpc) is 3.25. The largest absolute Gasteiger partial charge is 0.472 e. The van der Waals surface area contributed by atoms with E-state index in [1.165, 1.54) is 218 Å². The number of hydrogen-bond acceptors (Lipinski definition) is 15. The first-order valence-corrected chi connectivity index (χ1v) is 42.6.